The molecule has 2 heterocycles. The van der Waals surface area contributed by atoms with E-state index >= 15 is 0 Å². The summed E-state index contributed by atoms with van der Waals surface area (Å²) >= 11 is 0. The van der Waals surface area contributed by atoms with Gasteiger partial charge in [-0.25, -0.2) is 0 Å². The maximum Gasteiger partial charge on any atom is 0.186 e. The van der Waals surface area contributed by atoms with E-state index in [-0.39, 0.29) is 19.4 Å². The first-order valence-corrected chi connectivity index (χ1v) is 10.8. The van der Waals surface area contributed by atoms with Crippen LogP contribution in [0.25, 0.3) is 0 Å². The van der Waals surface area contributed by atoms with Crippen molar-refractivity contribution in [2.24, 2.45) is 28.7 Å². The van der Waals surface area contributed by atoms with E-state index in [1.165, 1.54) is 0 Å². The van der Waals surface area contributed by atoms with Gasteiger partial charge in [-0.2, -0.15) is 0 Å². The molecule has 1 saturated carbocycles. The summed E-state index contributed by atoms with van der Waals surface area (Å²) < 4.78 is 22.7. The minimum Gasteiger partial charge on any atom is -0.394 e. The van der Waals surface area contributed by atoms with Crippen molar-refractivity contribution in [3.05, 3.63) is 0 Å². The molecule has 32 heavy (non-hydrogen) atoms. The van der Waals surface area contributed by atoms with Crippen molar-refractivity contribution < 1.29 is 44.5 Å². The molecule has 0 aromatic carbocycles. The molecule has 0 aromatic rings. The second-order valence-corrected chi connectivity index (χ2v) is 8.78. The summed E-state index contributed by atoms with van der Waals surface area (Å²) in [5.74, 6) is 0. The Labute approximate surface area is 185 Å². The molecular formula is C18H37N5O9. The summed E-state index contributed by atoms with van der Waals surface area (Å²) in [6.07, 6.45) is -10.8. The van der Waals surface area contributed by atoms with Crippen LogP contribution in [-0.4, -0.2) is 124 Å². The molecule has 0 bridgehead atoms. The SMILES string of the molecule is NC[C@@H]1O[C@H](O[C@@H]2[C@H](O)[C@@H](O[C@@H]3O[C@H](CO)[C@@H](O)[C@H](N)[C@@H]3O)[C@@H](N)C[C@H]2N)[C@H](N)C[C@H]1O. The third-order valence-corrected chi connectivity index (χ3v) is 6.41. The van der Waals surface area contributed by atoms with Gasteiger partial charge in [0.1, 0.15) is 36.6 Å². The van der Waals surface area contributed by atoms with Gasteiger partial charge < -0.3 is 73.1 Å². The molecule has 0 radical (unpaired) electrons. The standard InChI is InChI=1S/C18H37N5O9/c19-3-9-8(25)2-7(22)17(29-9)31-15-5(20)1-6(21)16(14(15)28)32-18-13(27)11(23)12(26)10(4-24)30-18/h5-18,24-28H,1-4,19-23H2/t5-,6+,7-,8-,9+,10-,11+,12-,13+,14+,15+,16+,17-,18+/m1/s1. The molecule has 2 saturated heterocycles. The van der Waals surface area contributed by atoms with Crippen LogP contribution in [0.3, 0.4) is 0 Å². The van der Waals surface area contributed by atoms with E-state index < -0.39 is 92.2 Å². The number of aliphatic hydroxyl groups is 5. The van der Waals surface area contributed by atoms with Gasteiger partial charge >= 0.3 is 0 Å². The lowest BCUT2D eigenvalue weighted by Crippen LogP contribution is -2.68. The van der Waals surface area contributed by atoms with Crippen molar-refractivity contribution in [3.63, 3.8) is 0 Å². The predicted molar refractivity (Wildman–Crippen MR) is 108 cm³/mol. The number of nitrogens with two attached hydrogens (primary N) is 5. The quantitative estimate of drug-likeness (QED) is 0.174. The molecule has 14 nitrogen and oxygen atoms in total. The highest BCUT2D eigenvalue weighted by Gasteiger charge is 2.50. The number of ether oxygens (including phenoxy) is 4. The fourth-order valence-electron chi connectivity index (χ4n) is 4.43. The molecular weight excluding hydrogens is 430 g/mol. The number of aliphatic hydroxyl groups excluding tert-OH is 5. The molecule has 3 aliphatic rings. The summed E-state index contributed by atoms with van der Waals surface area (Å²) in [4.78, 5) is 0. The third kappa shape index (κ3) is 5.24. The van der Waals surface area contributed by atoms with Crippen LogP contribution in [0.2, 0.25) is 0 Å². The van der Waals surface area contributed by atoms with E-state index in [1.807, 2.05) is 0 Å². The normalized spacial score (nSPS) is 52.7. The van der Waals surface area contributed by atoms with Crippen molar-refractivity contribution in [1.82, 2.24) is 0 Å². The Kier molecular flexibility index (Phi) is 8.79. The third-order valence-electron chi connectivity index (χ3n) is 6.41. The number of hydrogen-bond donors (Lipinski definition) is 10. The van der Waals surface area contributed by atoms with Crippen LogP contribution < -0.4 is 28.7 Å². The number of rotatable bonds is 6. The van der Waals surface area contributed by atoms with Crippen LogP contribution in [0.4, 0.5) is 0 Å². The average molecular weight is 468 g/mol. The van der Waals surface area contributed by atoms with Crippen molar-refractivity contribution in [2.45, 2.75) is 98.4 Å². The maximum atomic E-state index is 11.0. The van der Waals surface area contributed by atoms with Crippen molar-refractivity contribution >= 4 is 0 Å². The lowest BCUT2D eigenvalue weighted by atomic mass is 9.84. The Morgan fingerprint density at radius 3 is 1.84 bits per heavy atom. The fourth-order valence-corrected chi connectivity index (χ4v) is 4.43. The first kappa shape index (κ1) is 26.1. The monoisotopic (exact) mass is 467 g/mol. The van der Waals surface area contributed by atoms with Gasteiger partial charge in [-0.05, 0) is 12.8 Å². The van der Waals surface area contributed by atoms with E-state index in [2.05, 4.69) is 0 Å². The molecule has 3 rings (SSSR count). The smallest absolute Gasteiger partial charge is 0.186 e. The van der Waals surface area contributed by atoms with Crippen LogP contribution >= 0.6 is 0 Å². The van der Waals surface area contributed by atoms with Gasteiger partial charge in [-0.1, -0.05) is 0 Å². The van der Waals surface area contributed by atoms with Gasteiger partial charge in [-0.3, -0.25) is 0 Å². The fraction of sp³-hybridized carbons (Fsp3) is 1.00. The van der Waals surface area contributed by atoms with Gasteiger partial charge in [0.25, 0.3) is 0 Å². The minimum atomic E-state index is -1.44. The van der Waals surface area contributed by atoms with Gasteiger partial charge in [0.2, 0.25) is 0 Å². The Morgan fingerprint density at radius 1 is 0.719 bits per heavy atom. The summed E-state index contributed by atoms with van der Waals surface area (Å²) in [6, 6.07) is -3.27. The minimum absolute atomic E-state index is 0.0542. The topological polar surface area (TPSA) is 268 Å². The zero-order chi connectivity index (χ0) is 23.7. The molecule has 0 spiro atoms. The van der Waals surface area contributed by atoms with Crippen molar-refractivity contribution in [2.75, 3.05) is 13.2 Å². The summed E-state index contributed by atoms with van der Waals surface area (Å²) in [5.41, 5.74) is 29.8. The molecule has 2 aliphatic heterocycles. The van der Waals surface area contributed by atoms with Crippen molar-refractivity contribution in [3.8, 4) is 0 Å². The molecule has 0 amide bonds. The Hall–Kier alpha value is -0.560. The lowest BCUT2D eigenvalue weighted by Gasteiger charge is -2.47. The van der Waals surface area contributed by atoms with Gasteiger partial charge in [-0.15, -0.1) is 0 Å². The maximum absolute atomic E-state index is 11.0. The van der Waals surface area contributed by atoms with Crippen LogP contribution in [-0.2, 0) is 18.9 Å². The molecule has 14 atom stereocenters. The van der Waals surface area contributed by atoms with E-state index in [1.54, 1.807) is 0 Å². The Balaban J connectivity index is 1.70. The highest BCUT2D eigenvalue weighted by Crippen LogP contribution is 2.30. The van der Waals surface area contributed by atoms with Gasteiger partial charge in [0, 0.05) is 18.6 Å². The van der Waals surface area contributed by atoms with E-state index in [0.29, 0.717) is 0 Å². The summed E-state index contributed by atoms with van der Waals surface area (Å²) in [6.45, 7) is -0.499. The highest BCUT2D eigenvalue weighted by atomic mass is 16.7. The molecule has 0 unspecified atom stereocenters. The first-order valence-electron chi connectivity index (χ1n) is 10.8. The second kappa shape index (κ2) is 10.8. The predicted octanol–water partition coefficient (Wildman–Crippen LogP) is -6.30. The van der Waals surface area contributed by atoms with E-state index in [9.17, 15) is 25.5 Å². The zero-order valence-electron chi connectivity index (χ0n) is 17.7. The highest BCUT2D eigenvalue weighted by molar-refractivity contribution is 5.01. The Morgan fingerprint density at radius 2 is 1.28 bits per heavy atom. The second-order valence-electron chi connectivity index (χ2n) is 8.78. The van der Waals surface area contributed by atoms with Crippen LogP contribution in [0.5, 0.6) is 0 Å². The molecule has 1 aliphatic carbocycles. The zero-order valence-corrected chi connectivity index (χ0v) is 17.7. The van der Waals surface area contributed by atoms with Crippen molar-refractivity contribution in [1.29, 1.82) is 0 Å². The van der Waals surface area contributed by atoms with E-state index in [4.69, 9.17) is 47.6 Å². The lowest BCUT2D eigenvalue weighted by molar-refractivity contribution is -0.314. The molecule has 15 N–H and O–H groups in total. The molecule has 0 aromatic heterocycles. The summed E-state index contributed by atoms with van der Waals surface area (Å²) in [7, 11) is 0. The summed E-state index contributed by atoms with van der Waals surface area (Å²) in [5, 5.41) is 50.7. The van der Waals surface area contributed by atoms with Gasteiger partial charge in [0.15, 0.2) is 12.6 Å². The van der Waals surface area contributed by atoms with Gasteiger partial charge in [0.05, 0.1) is 30.9 Å². The van der Waals surface area contributed by atoms with Crippen LogP contribution in [0.15, 0.2) is 0 Å². The number of hydrogen-bond acceptors (Lipinski definition) is 14. The Bertz CT molecular complexity index is 607. The first-order chi connectivity index (χ1) is 15.1. The molecule has 14 heteroatoms. The molecule has 188 valence electrons. The molecule has 3 fully saturated rings. The van der Waals surface area contributed by atoms with Crippen LogP contribution in [0.1, 0.15) is 12.8 Å². The van der Waals surface area contributed by atoms with E-state index in [0.717, 1.165) is 0 Å². The van der Waals surface area contributed by atoms with Crippen LogP contribution in [0, 0.1) is 0 Å². The largest absolute Gasteiger partial charge is 0.394 e. The average Bonchev–Trinajstić information content (AvgIpc) is 2.75.